The lowest BCUT2D eigenvalue weighted by atomic mass is 10.3. The van der Waals surface area contributed by atoms with Gasteiger partial charge < -0.3 is 19.9 Å². The number of ether oxygens (including phenoxy) is 2. The number of aliphatic hydroxyl groups excluding tert-OH is 1. The Kier molecular flexibility index (Phi) is 6.46. The van der Waals surface area contributed by atoms with Crippen molar-refractivity contribution in [3.05, 3.63) is 22.7 Å². The van der Waals surface area contributed by atoms with E-state index in [4.69, 9.17) is 9.47 Å². The number of rotatable bonds is 7. The first-order valence-corrected chi connectivity index (χ1v) is 6.69. The first-order chi connectivity index (χ1) is 8.52. The first kappa shape index (κ1) is 15.3. The predicted molar refractivity (Wildman–Crippen MR) is 76.3 cm³/mol. The number of methoxy groups -OCH3 is 1. The first-order valence-electron chi connectivity index (χ1n) is 5.90. The van der Waals surface area contributed by atoms with E-state index >= 15 is 0 Å². The molecule has 4 nitrogen and oxygen atoms in total. The molecule has 5 heteroatoms. The fourth-order valence-corrected chi connectivity index (χ4v) is 1.78. The highest BCUT2D eigenvalue weighted by Crippen LogP contribution is 2.27. The van der Waals surface area contributed by atoms with Gasteiger partial charge in [-0.1, -0.05) is 0 Å². The topological polar surface area (TPSA) is 50.7 Å². The van der Waals surface area contributed by atoms with E-state index in [-0.39, 0.29) is 6.10 Å². The molecule has 0 fully saturated rings. The lowest BCUT2D eigenvalue weighted by Crippen LogP contribution is -2.26. The van der Waals surface area contributed by atoms with E-state index in [9.17, 15) is 5.11 Å². The number of anilines is 1. The number of halogens is 1. The second-order valence-electron chi connectivity index (χ2n) is 4.27. The Labute approximate surface area is 116 Å². The molecule has 2 N–H and O–H groups in total. The van der Waals surface area contributed by atoms with E-state index in [2.05, 4.69) is 21.2 Å². The monoisotopic (exact) mass is 317 g/mol. The molecular formula is C13H20BrNO3. The standard InChI is InChI=1S/C13H20BrNO3/c1-9(2)18-8-11(16)7-15-10-4-5-12(14)13(6-10)17-3/h4-6,9,11,15-16H,7-8H2,1-3H3. The van der Waals surface area contributed by atoms with Crippen molar-refractivity contribution < 1.29 is 14.6 Å². The molecule has 1 atom stereocenters. The average Bonchev–Trinajstić information content (AvgIpc) is 2.35. The van der Waals surface area contributed by atoms with Crippen molar-refractivity contribution >= 4 is 21.6 Å². The minimum absolute atomic E-state index is 0.132. The van der Waals surface area contributed by atoms with Gasteiger partial charge in [-0.15, -0.1) is 0 Å². The number of aliphatic hydroxyl groups is 1. The smallest absolute Gasteiger partial charge is 0.135 e. The van der Waals surface area contributed by atoms with Gasteiger partial charge in [0.15, 0.2) is 0 Å². The summed E-state index contributed by atoms with van der Waals surface area (Å²) in [5, 5.41) is 12.9. The molecule has 0 aliphatic carbocycles. The lowest BCUT2D eigenvalue weighted by Gasteiger charge is -2.15. The van der Waals surface area contributed by atoms with Crippen molar-refractivity contribution in [2.75, 3.05) is 25.6 Å². The highest BCUT2D eigenvalue weighted by atomic mass is 79.9. The average molecular weight is 318 g/mol. The Balaban J connectivity index is 2.43. The van der Waals surface area contributed by atoms with Crippen LogP contribution in [0.5, 0.6) is 5.75 Å². The summed E-state index contributed by atoms with van der Waals surface area (Å²) in [6, 6.07) is 5.70. The minimum Gasteiger partial charge on any atom is -0.495 e. The molecule has 1 unspecified atom stereocenters. The Morgan fingerprint density at radius 3 is 2.72 bits per heavy atom. The highest BCUT2D eigenvalue weighted by Gasteiger charge is 2.07. The molecule has 1 rings (SSSR count). The van der Waals surface area contributed by atoms with Gasteiger partial charge in [-0.05, 0) is 41.9 Å². The number of hydrogen-bond donors (Lipinski definition) is 2. The number of hydrogen-bond acceptors (Lipinski definition) is 4. The zero-order chi connectivity index (χ0) is 13.5. The largest absolute Gasteiger partial charge is 0.495 e. The van der Waals surface area contributed by atoms with Crippen molar-refractivity contribution in [3.63, 3.8) is 0 Å². The van der Waals surface area contributed by atoms with Crippen molar-refractivity contribution in [2.24, 2.45) is 0 Å². The molecule has 18 heavy (non-hydrogen) atoms. The fraction of sp³-hybridized carbons (Fsp3) is 0.538. The molecule has 0 amide bonds. The molecule has 0 spiro atoms. The van der Waals surface area contributed by atoms with Gasteiger partial charge >= 0.3 is 0 Å². The van der Waals surface area contributed by atoms with Crippen LogP contribution in [0, 0.1) is 0 Å². The van der Waals surface area contributed by atoms with Gasteiger partial charge in [-0.25, -0.2) is 0 Å². The summed E-state index contributed by atoms with van der Waals surface area (Å²) in [5.74, 6) is 0.757. The Bertz CT molecular complexity index is 371. The summed E-state index contributed by atoms with van der Waals surface area (Å²) in [4.78, 5) is 0. The molecule has 0 aliphatic heterocycles. The molecule has 0 radical (unpaired) electrons. The van der Waals surface area contributed by atoms with Crippen LogP contribution >= 0.6 is 15.9 Å². The maximum Gasteiger partial charge on any atom is 0.135 e. The van der Waals surface area contributed by atoms with Gasteiger partial charge in [0.25, 0.3) is 0 Å². The number of benzene rings is 1. The maximum atomic E-state index is 9.71. The van der Waals surface area contributed by atoms with E-state index < -0.39 is 6.10 Å². The van der Waals surface area contributed by atoms with Crippen LogP contribution in [0.25, 0.3) is 0 Å². The molecule has 0 saturated carbocycles. The molecule has 0 bridgehead atoms. The zero-order valence-electron chi connectivity index (χ0n) is 10.9. The number of nitrogens with one attached hydrogen (secondary N) is 1. The third kappa shape index (κ3) is 5.25. The molecule has 0 heterocycles. The second-order valence-corrected chi connectivity index (χ2v) is 5.12. The third-order valence-electron chi connectivity index (χ3n) is 2.31. The van der Waals surface area contributed by atoms with Gasteiger partial charge in [0.05, 0.1) is 30.4 Å². The van der Waals surface area contributed by atoms with E-state index in [1.54, 1.807) is 7.11 Å². The SMILES string of the molecule is COc1cc(NCC(O)COC(C)C)ccc1Br. The Morgan fingerprint density at radius 1 is 1.39 bits per heavy atom. The van der Waals surface area contributed by atoms with E-state index in [1.165, 1.54) is 0 Å². The molecule has 102 valence electrons. The Morgan fingerprint density at radius 2 is 2.11 bits per heavy atom. The summed E-state index contributed by atoms with van der Waals surface area (Å²) >= 11 is 3.39. The van der Waals surface area contributed by atoms with Crippen LogP contribution in [0.3, 0.4) is 0 Å². The van der Waals surface area contributed by atoms with Crippen molar-refractivity contribution in [1.82, 2.24) is 0 Å². The van der Waals surface area contributed by atoms with E-state index in [0.29, 0.717) is 13.2 Å². The third-order valence-corrected chi connectivity index (χ3v) is 2.97. The van der Waals surface area contributed by atoms with Gasteiger partial charge in [0, 0.05) is 18.3 Å². The molecule has 0 aromatic heterocycles. The summed E-state index contributed by atoms with van der Waals surface area (Å²) in [5.41, 5.74) is 0.902. The second kappa shape index (κ2) is 7.61. The van der Waals surface area contributed by atoms with Gasteiger partial charge in [-0.2, -0.15) is 0 Å². The van der Waals surface area contributed by atoms with E-state index in [0.717, 1.165) is 15.9 Å². The molecule has 1 aromatic carbocycles. The predicted octanol–water partition coefficient (Wildman–Crippen LogP) is 2.66. The van der Waals surface area contributed by atoms with Crippen molar-refractivity contribution in [2.45, 2.75) is 26.1 Å². The molecule has 0 aliphatic rings. The quantitative estimate of drug-likeness (QED) is 0.811. The summed E-state index contributed by atoms with van der Waals surface area (Å²) in [6.07, 6.45) is -0.394. The Hall–Kier alpha value is -0.780. The zero-order valence-corrected chi connectivity index (χ0v) is 12.5. The summed E-state index contributed by atoms with van der Waals surface area (Å²) in [7, 11) is 1.62. The van der Waals surface area contributed by atoms with Crippen LogP contribution in [0.15, 0.2) is 22.7 Å². The van der Waals surface area contributed by atoms with E-state index in [1.807, 2.05) is 32.0 Å². The van der Waals surface area contributed by atoms with Crippen LogP contribution in [0.4, 0.5) is 5.69 Å². The summed E-state index contributed by atoms with van der Waals surface area (Å²) in [6.45, 7) is 4.66. The van der Waals surface area contributed by atoms with Crippen LogP contribution in [0.2, 0.25) is 0 Å². The fourth-order valence-electron chi connectivity index (χ4n) is 1.37. The highest BCUT2D eigenvalue weighted by molar-refractivity contribution is 9.10. The van der Waals surface area contributed by atoms with Gasteiger partial charge in [0.2, 0.25) is 0 Å². The van der Waals surface area contributed by atoms with Crippen LogP contribution < -0.4 is 10.1 Å². The minimum atomic E-state index is -0.526. The lowest BCUT2D eigenvalue weighted by molar-refractivity contribution is 0.0112. The van der Waals surface area contributed by atoms with Crippen LogP contribution in [-0.4, -0.2) is 37.6 Å². The molecular weight excluding hydrogens is 298 g/mol. The molecule has 0 saturated heterocycles. The van der Waals surface area contributed by atoms with Crippen molar-refractivity contribution in [1.29, 1.82) is 0 Å². The maximum absolute atomic E-state index is 9.71. The van der Waals surface area contributed by atoms with Crippen molar-refractivity contribution in [3.8, 4) is 5.75 Å². The summed E-state index contributed by atoms with van der Waals surface area (Å²) < 4.78 is 11.4. The van der Waals surface area contributed by atoms with Gasteiger partial charge in [-0.3, -0.25) is 0 Å². The normalized spacial score (nSPS) is 12.6. The van der Waals surface area contributed by atoms with Crippen LogP contribution in [0.1, 0.15) is 13.8 Å². The van der Waals surface area contributed by atoms with Gasteiger partial charge in [0.1, 0.15) is 5.75 Å². The molecule has 1 aromatic rings. The van der Waals surface area contributed by atoms with Crippen LogP contribution in [-0.2, 0) is 4.74 Å².